The molecular formula is C54H32N2O2. The molecule has 0 unspecified atom stereocenters. The zero-order chi connectivity index (χ0) is 37.9. The van der Waals surface area contributed by atoms with Crippen LogP contribution in [-0.4, -0.2) is 9.13 Å². The highest BCUT2D eigenvalue weighted by molar-refractivity contribution is 6.22. The fourth-order valence-corrected chi connectivity index (χ4v) is 9.81. The predicted octanol–water partition coefficient (Wildman–Crippen LogP) is 15.0. The summed E-state index contributed by atoms with van der Waals surface area (Å²) in [6.45, 7) is 0. The van der Waals surface area contributed by atoms with Gasteiger partial charge in [0.2, 0.25) is 0 Å². The molecule has 4 heterocycles. The summed E-state index contributed by atoms with van der Waals surface area (Å²) in [6, 6.07) is 69.5. The summed E-state index contributed by atoms with van der Waals surface area (Å²) in [5.74, 6) is 0. The molecule has 9 aromatic carbocycles. The number of aromatic nitrogens is 2. The third kappa shape index (κ3) is 4.29. The summed E-state index contributed by atoms with van der Waals surface area (Å²) < 4.78 is 17.6. The Labute approximate surface area is 332 Å². The Bertz CT molecular complexity index is 3570. The fourth-order valence-electron chi connectivity index (χ4n) is 9.81. The molecule has 13 rings (SSSR count). The molecule has 0 bridgehead atoms. The predicted molar refractivity (Wildman–Crippen MR) is 241 cm³/mol. The molecule has 0 atom stereocenters. The highest BCUT2D eigenvalue weighted by atomic mass is 16.3. The molecule has 13 aromatic rings. The van der Waals surface area contributed by atoms with Crippen molar-refractivity contribution in [2.75, 3.05) is 0 Å². The van der Waals surface area contributed by atoms with E-state index in [1.165, 1.54) is 43.8 Å². The molecule has 0 N–H and O–H groups in total. The molecule has 270 valence electrons. The fraction of sp³-hybridized carbons (Fsp3) is 0. The normalized spacial score (nSPS) is 12.1. The third-order valence-corrected chi connectivity index (χ3v) is 12.1. The van der Waals surface area contributed by atoms with Crippen molar-refractivity contribution in [1.29, 1.82) is 0 Å². The van der Waals surface area contributed by atoms with Gasteiger partial charge >= 0.3 is 0 Å². The monoisotopic (exact) mass is 740 g/mol. The number of para-hydroxylation sites is 4. The molecule has 4 nitrogen and oxygen atoms in total. The van der Waals surface area contributed by atoms with Gasteiger partial charge in [0, 0.05) is 54.5 Å². The molecule has 0 saturated heterocycles. The molecule has 0 aliphatic carbocycles. The van der Waals surface area contributed by atoms with E-state index < -0.39 is 0 Å². The maximum atomic E-state index is 6.35. The van der Waals surface area contributed by atoms with Crippen LogP contribution in [0.4, 0.5) is 0 Å². The zero-order valence-corrected chi connectivity index (χ0v) is 31.2. The SMILES string of the molecule is c1cc(-n2c3ccccc3c3c(-c4cccc5oc6ccccc6c45)cccc32)cc(-n2c3ccccc3c3c(-c4cccc5oc6ccccc6c45)cccc32)c1. The van der Waals surface area contributed by atoms with E-state index >= 15 is 0 Å². The molecular weight excluding hydrogens is 709 g/mol. The van der Waals surface area contributed by atoms with Crippen molar-refractivity contribution in [3.05, 3.63) is 194 Å². The number of fused-ring (bicyclic) bond motifs is 12. The van der Waals surface area contributed by atoms with E-state index in [-0.39, 0.29) is 0 Å². The number of hydrogen-bond acceptors (Lipinski definition) is 2. The minimum Gasteiger partial charge on any atom is -0.456 e. The lowest BCUT2D eigenvalue weighted by Crippen LogP contribution is -1.98. The molecule has 4 heteroatoms. The summed E-state index contributed by atoms with van der Waals surface area (Å²) >= 11 is 0. The molecule has 4 aromatic heterocycles. The smallest absolute Gasteiger partial charge is 0.136 e. The van der Waals surface area contributed by atoms with Gasteiger partial charge in [-0.1, -0.05) is 127 Å². The van der Waals surface area contributed by atoms with Gasteiger partial charge in [-0.05, 0) is 89.0 Å². The molecule has 0 spiro atoms. The van der Waals surface area contributed by atoms with Crippen molar-refractivity contribution < 1.29 is 8.83 Å². The summed E-state index contributed by atoms with van der Waals surface area (Å²) in [4.78, 5) is 0. The first-order chi connectivity index (χ1) is 28.8. The largest absolute Gasteiger partial charge is 0.456 e. The minimum atomic E-state index is 0.899. The van der Waals surface area contributed by atoms with Crippen LogP contribution in [0.1, 0.15) is 0 Å². The number of rotatable bonds is 4. The van der Waals surface area contributed by atoms with Crippen LogP contribution in [0, 0.1) is 0 Å². The maximum absolute atomic E-state index is 6.35. The minimum absolute atomic E-state index is 0.899. The topological polar surface area (TPSA) is 36.1 Å². The second-order valence-electron chi connectivity index (χ2n) is 15.2. The standard InChI is InChI=1S/C54H32N2O2/c1-5-24-43-39(16-1)51-35(37-22-12-30-49-53(37)41-18-3-7-28-47(41)57-49)20-10-26-45(51)55(43)33-14-9-15-34(32-33)56-44-25-6-2-17-40(44)52-36(21-11-27-46(52)56)38-23-13-31-50-54(38)42-19-4-8-29-48(42)58-50/h1-32H. The van der Waals surface area contributed by atoms with E-state index in [9.17, 15) is 0 Å². The molecule has 58 heavy (non-hydrogen) atoms. The van der Waals surface area contributed by atoms with Crippen LogP contribution in [0.3, 0.4) is 0 Å². The van der Waals surface area contributed by atoms with Gasteiger partial charge in [-0.2, -0.15) is 0 Å². The van der Waals surface area contributed by atoms with Crippen LogP contribution in [0.2, 0.25) is 0 Å². The Hall–Kier alpha value is -7.82. The van der Waals surface area contributed by atoms with E-state index in [0.29, 0.717) is 0 Å². The summed E-state index contributed by atoms with van der Waals surface area (Å²) in [6.07, 6.45) is 0. The Morgan fingerprint density at radius 3 is 1.09 bits per heavy atom. The van der Waals surface area contributed by atoms with Crippen molar-refractivity contribution in [2.45, 2.75) is 0 Å². The van der Waals surface area contributed by atoms with Gasteiger partial charge in [-0.3, -0.25) is 0 Å². The first-order valence-corrected chi connectivity index (χ1v) is 19.8. The Balaban J connectivity index is 1.05. The number of benzene rings is 9. The molecule has 0 aliphatic rings. The van der Waals surface area contributed by atoms with Crippen molar-refractivity contribution in [3.63, 3.8) is 0 Å². The second-order valence-corrected chi connectivity index (χ2v) is 15.2. The van der Waals surface area contributed by atoms with Crippen LogP contribution in [0.25, 0.3) is 121 Å². The van der Waals surface area contributed by atoms with Crippen LogP contribution < -0.4 is 0 Å². The van der Waals surface area contributed by atoms with Crippen molar-refractivity contribution in [1.82, 2.24) is 9.13 Å². The Morgan fingerprint density at radius 1 is 0.259 bits per heavy atom. The highest BCUT2D eigenvalue weighted by Gasteiger charge is 2.22. The van der Waals surface area contributed by atoms with E-state index in [1.54, 1.807) is 0 Å². The third-order valence-electron chi connectivity index (χ3n) is 12.1. The van der Waals surface area contributed by atoms with E-state index in [4.69, 9.17) is 8.83 Å². The van der Waals surface area contributed by atoms with Gasteiger partial charge < -0.3 is 18.0 Å². The summed E-state index contributed by atoms with van der Waals surface area (Å²) in [5.41, 5.74) is 15.2. The van der Waals surface area contributed by atoms with Crippen LogP contribution in [-0.2, 0) is 0 Å². The molecule has 0 radical (unpaired) electrons. The molecule has 0 fully saturated rings. The summed E-state index contributed by atoms with van der Waals surface area (Å²) in [7, 11) is 0. The summed E-state index contributed by atoms with van der Waals surface area (Å²) in [5, 5.41) is 9.43. The van der Waals surface area contributed by atoms with Gasteiger partial charge in [0.15, 0.2) is 0 Å². The van der Waals surface area contributed by atoms with Crippen molar-refractivity contribution in [3.8, 4) is 33.6 Å². The maximum Gasteiger partial charge on any atom is 0.136 e. The highest BCUT2D eigenvalue weighted by Crippen LogP contribution is 2.45. The first-order valence-electron chi connectivity index (χ1n) is 19.8. The quantitative estimate of drug-likeness (QED) is 0.180. The zero-order valence-electron chi connectivity index (χ0n) is 31.2. The van der Waals surface area contributed by atoms with Gasteiger partial charge in [-0.25, -0.2) is 0 Å². The Kier molecular flexibility index (Phi) is 6.41. The second kappa shape index (κ2) is 11.8. The van der Waals surface area contributed by atoms with E-state index in [1.807, 2.05) is 12.1 Å². The van der Waals surface area contributed by atoms with Crippen molar-refractivity contribution in [2.24, 2.45) is 0 Å². The van der Waals surface area contributed by atoms with Crippen LogP contribution in [0.5, 0.6) is 0 Å². The van der Waals surface area contributed by atoms with Gasteiger partial charge in [0.1, 0.15) is 22.3 Å². The number of nitrogens with zero attached hydrogens (tertiary/aromatic N) is 2. The van der Waals surface area contributed by atoms with Crippen LogP contribution in [0.15, 0.2) is 203 Å². The first kappa shape index (κ1) is 31.4. The number of furan rings is 2. The average molecular weight is 741 g/mol. The van der Waals surface area contributed by atoms with Gasteiger partial charge in [-0.15, -0.1) is 0 Å². The van der Waals surface area contributed by atoms with Crippen LogP contribution >= 0.6 is 0 Å². The lowest BCUT2D eigenvalue weighted by atomic mass is 9.95. The Morgan fingerprint density at radius 2 is 0.603 bits per heavy atom. The van der Waals surface area contributed by atoms with Crippen molar-refractivity contribution >= 4 is 87.5 Å². The lowest BCUT2D eigenvalue weighted by Gasteiger charge is -2.13. The van der Waals surface area contributed by atoms with Gasteiger partial charge in [0.25, 0.3) is 0 Å². The average Bonchev–Trinajstić information content (AvgIpc) is 4.04. The molecule has 0 saturated carbocycles. The molecule has 0 amide bonds. The van der Waals surface area contributed by atoms with E-state index in [2.05, 4.69) is 191 Å². The lowest BCUT2D eigenvalue weighted by molar-refractivity contribution is 0.668. The number of hydrogen-bond donors (Lipinski definition) is 0. The van der Waals surface area contributed by atoms with Gasteiger partial charge in [0.05, 0.1) is 22.1 Å². The van der Waals surface area contributed by atoms with E-state index in [0.717, 1.165) is 77.3 Å². The molecule has 0 aliphatic heterocycles.